The molecule has 0 radical (unpaired) electrons. The first kappa shape index (κ1) is 21.2. The van der Waals surface area contributed by atoms with E-state index in [-0.39, 0.29) is 53.1 Å². The normalized spacial score (nSPS) is 24.9. The number of hydrogen-bond acceptors (Lipinski definition) is 10. The van der Waals surface area contributed by atoms with Gasteiger partial charge in [-0.25, -0.2) is 4.79 Å². The molecular formula is C16H18N8O5S2. The average molecular weight is 467 g/mol. The van der Waals surface area contributed by atoms with Gasteiger partial charge in [-0.15, -0.1) is 16.9 Å². The molecule has 6 N–H and O–H groups in total. The third-order valence-corrected chi connectivity index (χ3v) is 6.93. The molecule has 15 heteroatoms. The summed E-state index contributed by atoms with van der Waals surface area (Å²) in [4.78, 5) is 57.5. The van der Waals surface area contributed by atoms with Gasteiger partial charge in [0.2, 0.25) is 17.8 Å². The third-order valence-electron chi connectivity index (χ3n) is 4.70. The van der Waals surface area contributed by atoms with E-state index in [4.69, 9.17) is 5.73 Å². The minimum Gasteiger partial charge on any atom is -0.477 e. The summed E-state index contributed by atoms with van der Waals surface area (Å²) in [6, 6.07) is -1.06. The van der Waals surface area contributed by atoms with Gasteiger partial charge < -0.3 is 16.2 Å². The summed E-state index contributed by atoms with van der Waals surface area (Å²) in [6.07, 6.45) is 0.103. The summed E-state index contributed by atoms with van der Waals surface area (Å²) in [5, 5.41) is 21.1. The van der Waals surface area contributed by atoms with Crippen LogP contribution < -0.4 is 16.4 Å². The quantitative estimate of drug-likeness (QED) is 0.317. The van der Waals surface area contributed by atoms with E-state index in [9.17, 15) is 24.3 Å². The van der Waals surface area contributed by atoms with Crippen molar-refractivity contribution < 1.29 is 24.3 Å². The zero-order valence-electron chi connectivity index (χ0n) is 16.1. The maximum absolute atomic E-state index is 12.7. The molecule has 31 heavy (non-hydrogen) atoms. The lowest BCUT2D eigenvalue weighted by molar-refractivity contribution is -0.150. The smallest absolute Gasteiger partial charge is 0.353 e. The molecule has 4 heterocycles. The van der Waals surface area contributed by atoms with Gasteiger partial charge in [0.05, 0.1) is 6.04 Å². The number of thioether (sulfide) groups is 2. The maximum Gasteiger partial charge on any atom is 0.353 e. The van der Waals surface area contributed by atoms with E-state index < -0.39 is 23.3 Å². The summed E-state index contributed by atoms with van der Waals surface area (Å²) < 4.78 is 0. The molecule has 1 saturated heterocycles. The Morgan fingerprint density at radius 2 is 2.16 bits per heavy atom. The summed E-state index contributed by atoms with van der Waals surface area (Å²) in [5.74, 6) is -1.58. The van der Waals surface area contributed by atoms with Gasteiger partial charge in [-0.2, -0.15) is 4.98 Å². The van der Waals surface area contributed by atoms with Crippen molar-refractivity contribution in [3.05, 3.63) is 11.5 Å². The summed E-state index contributed by atoms with van der Waals surface area (Å²) >= 11 is 2.67. The Morgan fingerprint density at radius 3 is 2.81 bits per heavy atom. The zero-order chi connectivity index (χ0) is 22.3. The first-order chi connectivity index (χ1) is 14.7. The number of H-pyrrole nitrogens is 1. The predicted octanol–water partition coefficient (Wildman–Crippen LogP) is -1.22. The molecular weight excluding hydrogens is 448 g/mol. The van der Waals surface area contributed by atoms with Crippen molar-refractivity contribution in [3.63, 3.8) is 0 Å². The summed E-state index contributed by atoms with van der Waals surface area (Å²) in [6.45, 7) is 1.29. The van der Waals surface area contributed by atoms with Crippen LogP contribution in [0.3, 0.4) is 0 Å². The van der Waals surface area contributed by atoms with Crippen molar-refractivity contribution in [3.8, 4) is 0 Å². The van der Waals surface area contributed by atoms with Crippen molar-refractivity contribution in [1.29, 1.82) is 0 Å². The number of amides is 3. The molecule has 2 unspecified atom stereocenters. The van der Waals surface area contributed by atoms with Crippen LogP contribution in [0.15, 0.2) is 10.7 Å². The molecule has 0 saturated carbocycles. The molecule has 0 aromatic carbocycles. The number of carbonyl (C=O) groups is 4. The Balaban J connectivity index is 1.49. The number of fused-ring (bicyclic) bond motifs is 1. The third kappa shape index (κ3) is 4.10. The number of anilines is 1. The van der Waals surface area contributed by atoms with Crippen LogP contribution in [-0.2, 0) is 19.2 Å². The Kier molecular flexibility index (Phi) is 5.62. The molecule has 0 spiro atoms. The van der Waals surface area contributed by atoms with Gasteiger partial charge in [0, 0.05) is 30.4 Å². The Labute approximate surface area is 183 Å². The number of aliphatic carboxylic acids is 1. The first-order valence-corrected chi connectivity index (χ1v) is 11.1. The number of carbonyl (C=O) groups excluding carboxylic acids is 3. The molecule has 4 rings (SSSR count). The molecule has 1 aromatic rings. The molecule has 13 nitrogen and oxygen atoms in total. The topological polar surface area (TPSA) is 196 Å². The summed E-state index contributed by atoms with van der Waals surface area (Å²) in [7, 11) is 0. The van der Waals surface area contributed by atoms with Crippen LogP contribution in [-0.4, -0.2) is 83.0 Å². The molecule has 1 fully saturated rings. The van der Waals surface area contributed by atoms with E-state index in [2.05, 4.69) is 30.8 Å². The number of nitrogens with two attached hydrogens (primary N) is 1. The lowest BCUT2D eigenvalue weighted by Gasteiger charge is -2.49. The SMILES string of the molecule is CC(=O)Nc1n[nH]c(C2=C(C(=O)O)N3C(=O)C(NC(=O)CC4CSC(N)=N4)[C@@H]3SC2)n1. The second kappa shape index (κ2) is 8.22. The number of β-lactam (4-membered cyclic amide) rings is 1. The molecule has 3 aliphatic heterocycles. The number of rotatable bonds is 6. The van der Waals surface area contributed by atoms with Crippen LogP contribution in [0.25, 0.3) is 5.57 Å². The number of carboxylic acids is 1. The highest BCUT2D eigenvalue weighted by atomic mass is 32.2. The molecule has 3 amide bonds. The molecule has 0 aliphatic carbocycles. The predicted molar refractivity (Wildman–Crippen MR) is 113 cm³/mol. The number of nitrogens with zero attached hydrogens (tertiary/aromatic N) is 4. The van der Waals surface area contributed by atoms with Gasteiger partial charge in [0.15, 0.2) is 11.0 Å². The van der Waals surface area contributed by atoms with Crippen LogP contribution in [0.4, 0.5) is 5.95 Å². The lowest BCUT2D eigenvalue weighted by Crippen LogP contribution is -2.70. The van der Waals surface area contributed by atoms with Gasteiger partial charge >= 0.3 is 5.97 Å². The van der Waals surface area contributed by atoms with Crippen molar-refractivity contribution in [2.75, 3.05) is 16.8 Å². The number of nitrogens with one attached hydrogen (secondary N) is 3. The standard InChI is InChI=1S/C16H18N8O5S2/c1-5(25)18-16-21-11(22-23-16)7-4-30-13-9(12(27)24(13)10(7)14(28)29)20-8(26)2-6-3-31-15(17)19-6/h6,9,13H,2-4H2,1H3,(H2,17,19)(H,20,26)(H,28,29)(H2,18,21,22,23,25)/t6?,9?,13-/m0/s1. The lowest BCUT2D eigenvalue weighted by atomic mass is 10.0. The van der Waals surface area contributed by atoms with E-state index in [0.717, 1.165) is 4.90 Å². The zero-order valence-corrected chi connectivity index (χ0v) is 17.7. The fourth-order valence-electron chi connectivity index (χ4n) is 3.40. The van der Waals surface area contributed by atoms with Crippen molar-refractivity contribution in [1.82, 2.24) is 25.4 Å². The highest BCUT2D eigenvalue weighted by molar-refractivity contribution is 8.14. The number of aromatic amines is 1. The molecule has 0 bridgehead atoms. The van der Waals surface area contributed by atoms with Crippen LogP contribution in [0, 0.1) is 0 Å². The van der Waals surface area contributed by atoms with Gasteiger partial charge in [-0.3, -0.25) is 34.7 Å². The fraction of sp³-hybridized carbons (Fsp3) is 0.438. The monoisotopic (exact) mass is 466 g/mol. The van der Waals surface area contributed by atoms with Crippen molar-refractivity contribution in [2.45, 2.75) is 30.8 Å². The Hall–Kier alpha value is -3.07. The Bertz CT molecular complexity index is 1040. The van der Waals surface area contributed by atoms with Crippen LogP contribution in [0.1, 0.15) is 19.2 Å². The molecule has 3 atom stereocenters. The van der Waals surface area contributed by atoms with E-state index in [1.54, 1.807) is 0 Å². The van der Waals surface area contributed by atoms with E-state index in [1.165, 1.54) is 30.4 Å². The van der Waals surface area contributed by atoms with Gasteiger partial charge in [-0.05, 0) is 0 Å². The highest BCUT2D eigenvalue weighted by Crippen LogP contribution is 2.42. The second-order valence-electron chi connectivity index (χ2n) is 6.91. The highest BCUT2D eigenvalue weighted by Gasteiger charge is 2.54. The van der Waals surface area contributed by atoms with E-state index in [1.807, 2.05) is 0 Å². The summed E-state index contributed by atoms with van der Waals surface area (Å²) in [5.41, 5.74) is 5.64. The van der Waals surface area contributed by atoms with Crippen LogP contribution in [0.5, 0.6) is 0 Å². The largest absolute Gasteiger partial charge is 0.477 e. The number of amidine groups is 1. The number of hydrogen-bond donors (Lipinski definition) is 5. The van der Waals surface area contributed by atoms with Crippen molar-refractivity contribution in [2.24, 2.45) is 10.7 Å². The number of aromatic nitrogens is 3. The van der Waals surface area contributed by atoms with Crippen LogP contribution >= 0.6 is 23.5 Å². The molecule has 3 aliphatic rings. The first-order valence-electron chi connectivity index (χ1n) is 9.11. The van der Waals surface area contributed by atoms with Crippen molar-refractivity contribution >= 4 is 63.9 Å². The minimum absolute atomic E-state index is 0.000287. The van der Waals surface area contributed by atoms with Gasteiger partial charge in [-0.1, -0.05) is 11.8 Å². The number of carboxylic acid groups (broad SMARTS) is 1. The molecule has 1 aromatic heterocycles. The van der Waals surface area contributed by atoms with E-state index in [0.29, 0.717) is 10.9 Å². The molecule has 164 valence electrons. The van der Waals surface area contributed by atoms with Gasteiger partial charge in [0.1, 0.15) is 17.1 Å². The second-order valence-corrected chi connectivity index (χ2v) is 9.06. The van der Waals surface area contributed by atoms with Gasteiger partial charge in [0.25, 0.3) is 5.91 Å². The Morgan fingerprint density at radius 1 is 1.39 bits per heavy atom. The fourth-order valence-corrected chi connectivity index (χ4v) is 5.52. The maximum atomic E-state index is 12.7. The number of aliphatic imine (C=N–C) groups is 1. The van der Waals surface area contributed by atoms with E-state index >= 15 is 0 Å². The van der Waals surface area contributed by atoms with Crippen LogP contribution in [0.2, 0.25) is 0 Å². The minimum atomic E-state index is -1.30. The average Bonchev–Trinajstić information content (AvgIpc) is 3.33.